The summed E-state index contributed by atoms with van der Waals surface area (Å²) in [7, 11) is -3.47. The summed E-state index contributed by atoms with van der Waals surface area (Å²) in [6.07, 6.45) is -0.467. The van der Waals surface area contributed by atoms with E-state index in [1.165, 1.54) is 5.06 Å². The van der Waals surface area contributed by atoms with Crippen molar-refractivity contribution in [2.75, 3.05) is 11.7 Å². The van der Waals surface area contributed by atoms with Crippen LogP contribution in [0.5, 0.6) is 0 Å². The van der Waals surface area contributed by atoms with E-state index in [1.807, 2.05) is 0 Å². The van der Waals surface area contributed by atoms with Gasteiger partial charge in [-0.05, 0) is 48.4 Å². The molecule has 4 nitrogen and oxygen atoms in total. The van der Waals surface area contributed by atoms with Gasteiger partial charge in [-0.15, -0.1) is 0 Å². The topological polar surface area (TPSA) is 38.8 Å². The van der Waals surface area contributed by atoms with Crippen molar-refractivity contribution in [1.29, 1.82) is 0 Å². The lowest BCUT2D eigenvalue weighted by Crippen LogP contribution is -2.49. The van der Waals surface area contributed by atoms with Crippen LogP contribution in [0.2, 0.25) is 48.8 Å². The van der Waals surface area contributed by atoms with Gasteiger partial charge in [0.15, 0.2) is 0 Å². The Morgan fingerprint density at radius 2 is 1.60 bits per heavy atom. The van der Waals surface area contributed by atoms with E-state index in [1.54, 1.807) is 24.3 Å². The molecule has 0 radical (unpaired) electrons. The van der Waals surface area contributed by atoms with Crippen LogP contribution in [-0.2, 0) is 9.26 Å². The van der Waals surface area contributed by atoms with Crippen LogP contribution in [0.4, 0.5) is 10.5 Å². The largest absolute Gasteiger partial charge is 0.448 e. The van der Waals surface area contributed by atoms with E-state index in [0.717, 1.165) is 6.04 Å². The number of hydroxylamine groups is 1. The third kappa shape index (κ3) is 7.13. The number of nitrogens with zero attached hydrogens (tertiary/aromatic N) is 1. The van der Waals surface area contributed by atoms with Crippen LogP contribution in [0.25, 0.3) is 0 Å². The zero-order valence-electron chi connectivity index (χ0n) is 16.8. The molecule has 25 heavy (non-hydrogen) atoms. The first-order valence-corrected chi connectivity index (χ1v) is 15.6. The molecule has 0 aliphatic heterocycles. The molecule has 1 rings (SSSR count). The molecule has 0 saturated carbocycles. The summed E-state index contributed by atoms with van der Waals surface area (Å²) < 4.78 is 11.7. The lowest BCUT2D eigenvalue weighted by atomic mass is 10.2. The Morgan fingerprint density at radius 1 is 1.08 bits per heavy atom. The molecule has 0 atom stereocenters. The Balaban J connectivity index is 2.99. The number of ether oxygens (including phenoxy) is 1. The fraction of sp³-hybridized carbons (Fsp3) is 0.611. The number of hydrogen-bond donors (Lipinski definition) is 0. The number of carbonyl (C=O) groups excluding carboxylic acids is 1. The highest BCUT2D eigenvalue weighted by molar-refractivity contribution is 6.76. The Morgan fingerprint density at radius 3 is 2.04 bits per heavy atom. The molecule has 0 N–H and O–H groups in total. The predicted octanol–water partition coefficient (Wildman–Crippen LogP) is 6.56. The third-order valence-corrected chi connectivity index (χ3v) is 10.6. The normalized spacial score (nSPS) is 12.8. The molecule has 7 heteroatoms. The summed E-state index contributed by atoms with van der Waals surface area (Å²) in [6, 6.07) is 7.96. The van der Waals surface area contributed by atoms with Gasteiger partial charge in [0.1, 0.15) is 0 Å². The van der Waals surface area contributed by atoms with Crippen molar-refractivity contribution in [3.63, 3.8) is 0 Å². The Hall–Kier alpha value is -0.826. The molecule has 0 heterocycles. The second kappa shape index (κ2) is 8.25. The van der Waals surface area contributed by atoms with E-state index < -0.39 is 22.5 Å². The fourth-order valence-corrected chi connectivity index (χ4v) is 3.39. The zero-order chi connectivity index (χ0) is 19.5. The van der Waals surface area contributed by atoms with Gasteiger partial charge in [0, 0.05) is 13.1 Å². The highest BCUT2D eigenvalue weighted by Crippen LogP contribution is 2.38. The van der Waals surface area contributed by atoms with Crippen molar-refractivity contribution in [2.24, 2.45) is 0 Å². The molecule has 0 spiro atoms. The van der Waals surface area contributed by atoms with Crippen molar-refractivity contribution in [3.05, 3.63) is 29.3 Å². The summed E-state index contributed by atoms with van der Waals surface area (Å²) in [6.45, 7) is 17.8. The quantitative estimate of drug-likeness (QED) is 0.400. The summed E-state index contributed by atoms with van der Waals surface area (Å²) in [5.74, 6) is 0. The van der Waals surface area contributed by atoms with Crippen molar-refractivity contribution >= 4 is 39.8 Å². The molecule has 1 aromatic rings. The molecule has 0 aliphatic rings. The number of halogens is 1. The van der Waals surface area contributed by atoms with Crippen LogP contribution < -0.4 is 5.06 Å². The van der Waals surface area contributed by atoms with Crippen LogP contribution in [0.1, 0.15) is 20.8 Å². The number of hydrogen-bond acceptors (Lipinski definition) is 3. The number of amides is 1. The lowest BCUT2D eigenvalue weighted by molar-refractivity contribution is 0.127. The number of carbonyl (C=O) groups is 1. The molecule has 0 aromatic heterocycles. The minimum atomic E-state index is -2.20. The third-order valence-electron chi connectivity index (χ3n) is 4.43. The molecule has 0 unspecified atom stereocenters. The first-order chi connectivity index (χ1) is 11.2. The van der Waals surface area contributed by atoms with Crippen LogP contribution in [0, 0.1) is 0 Å². The molecular weight excluding hydrogens is 370 g/mol. The minimum absolute atomic E-state index is 0.0315. The highest BCUT2D eigenvalue weighted by atomic mass is 35.5. The molecular formula is C18H32ClNO3Si2. The summed E-state index contributed by atoms with van der Waals surface area (Å²) >= 11 is 5.97. The van der Waals surface area contributed by atoms with Gasteiger partial charge in [0.05, 0.1) is 12.3 Å². The van der Waals surface area contributed by atoms with Gasteiger partial charge in [0.25, 0.3) is 0 Å². The van der Waals surface area contributed by atoms with Crippen molar-refractivity contribution in [1.82, 2.24) is 0 Å². The molecule has 142 valence electrons. The average molecular weight is 402 g/mol. The molecule has 1 amide bonds. The van der Waals surface area contributed by atoms with E-state index in [4.69, 9.17) is 20.9 Å². The molecule has 1 aromatic carbocycles. The fourth-order valence-electron chi connectivity index (χ4n) is 1.64. The van der Waals surface area contributed by atoms with Crippen LogP contribution >= 0.6 is 11.6 Å². The Kier molecular flexibility index (Phi) is 7.33. The summed E-state index contributed by atoms with van der Waals surface area (Å²) in [4.78, 5) is 12.7. The van der Waals surface area contributed by atoms with E-state index >= 15 is 0 Å². The standard InChI is InChI=1S/C18H32ClNO3Si2/c1-18(2,3)25(7,8)23-20(16-11-9-15(19)10-12-16)17(21)22-13-14-24(4,5)6/h9-12H,13-14H2,1-8H3. The van der Waals surface area contributed by atoms with Crippen molar-refractivity contribution < 1.29 is 14.1 Å². The van der Waals surface area contributed by atoms with Gasteiger partial charge in [0.2, 0.25) is 8.32 Å². The summed E-state index contributed by atoms with van der Waals surface area (Å²) in [5.41, 5.74) is 0.632. The molecule has 0 aliphatic carbocycles. The van der Waals surface area contributed by atoms with Gasteiger partial charge < -0.3 is 9.26 Å². The maximum absolute atomic E-state index is 12.7. The number of anilines is 1. The van der Waals surface area contributed by atoms with E-state index in [0.29, 0.717) is 17.3 Å². The highest BCUT2D eigenvalue weighted by Gasteiger charge is 2.41. The maximum Gasteiger partial charge on any atom is 0.437 e. The predicted molar refractivity (Wildman–Crippen MR) is 112 cm³/mol. The van der Waals surface area contributed by atoms with Crippen LogP contribution in [0.3, 0.4) is 0 Å². The number of benzene rings is 1. The van der Waals surface area contributed by atoms with Crippen LogP contribution in [-0.4, -0.2) is 29.1 Å². The van der Waals surface area contributed by atoms with Crippen LogP contribution in [0.15, 0.2) is 24.3 Å². The van der Waals surface area contributed by atoms with Gasteiger partial charge in [-0.2, -0.15) is 5.06 Å². The van der Waals surface area contributed by atoms with Crippen molar-refractivity contribution in [3.8, 4) is 0 Å². The SMILES string of the molecule is CC(C)(C)[Si](C)(C)ON(C(=O)OCC[Si](C)(C)C)c1ccc(Cl)cc1. The molecule has 0 fully saturated rings. The first kappa shape index (κ1) is 22.2. The van der Waals surface area contributed by atoms with E-state index in [9.17, 15) is 4.79 Å². The minimum Gasteiger partial charge on any atom is -0.448 e. The van der Waals surface area contributed by atoms with E-state index in [2.05, 4.69) is 53.5 Å². The van der Waals surface area contributed by atoms with Gasteiger partial charge in [-0.1, -0.05) is 52.0 Å². The van der Waals surface area contributed by atoms with Gasteiger partial charge in [-0.25, -0.2) is 4.79 Å². The monoisotopic (exact) mass is 401 g/mol. The smallest absolute Gasteiger partial charge is 0.437 e. The first-order valence-electron chi connectivity index (χ1n) is 8.64. The molecule has 0 bridgehead atoms. The second-order valence-electron chi connectivity index (χ2n) is 9.05. The van der Waals surface area contributed by atoms with Gasteiger partial charge in [-0.3, -0.25) is 0 Å². The Labute approximate surface area is 159 Å². The Bertz CT molecular complexity index is 577. The maximum atomic E-state index is 12.7. The lowest BCUT2D eigenvalue weighted by Gasteiger charge is -2.39. The molecule has 0 saturated heterocycles. The van der Waals surface area contributed by atoms with Crippen molar-refractivity contribution in [2.45, 2.75) is 64.6 Å². The zero-order valence-corrected chi connectivity index (χ0v) is 19.5. The van der Waals surface area contributed by atoms with E-state index in [-0.39, 0.29) is 5.04 Å². The van der Waals surface area contributed by atoms with Gasteiger partial charge >= 0.3 is 6.09 Å². The average Bonchev–Trinajstić information content (AvgIpc) is 2.43. The summed E-state index contributed by atoms with van der Waals surface area (Å²) in [5, 5.41) is 1.89. The second-order valence-corrected chi connectivity index (χ2v) is 19.8. The number of rotatable bonds is 6.